The monoisotopic (exact) mass is 772 g/mol. The van der Waals surface area contributed by atoms with E-state index in [2.05, 4.69) is 7.96 Å². The summed E-state index contributed by atoms with van der Waals surface area (Å²) in [5, 5.41) is 27.5. The van der Waals surface area contributed by atoms with Gasteiger partial charge < -0.3 is 0 Å². The maximum atomic E-state index is 13.0. The third kappa shape index (κ3) is 5.98. The van der Waals surface area contributed by atoms with E-state index in [9.17, 15) is 20.2 Å². The first-order chi connectivity index (χ1) is 25.0. The summed E-state index contributed by atoms with van der Waals surface area (Å²) in [6, 6.07) is 46.4. The van der Waals surface area contributed by atoms with E-state index >= 15 is 0 Å². The second-order valence-electron chi connectivity index (χ2n) is 11.2. The zero-order valence-electron chi connectivity index (χ0n) is 26.4. The predicted molar refractivity (Wildman–Crippen MR) is 206 cm³/mol. The molecule has 51 heavy (non-hydrogen) atoms. The number of nitro benzene ring substituents is 2. The van der Waals surface area contributed by atoms with Crippen LogP contribution in [-0.2, 0) is 0 Å². The Morgan fingerprint density at radius 2 is 0.784 bits per heavy atom. The number of hydrogen-bond acceptors (Lipinski definition) is 10. The molecule has 0 saturated carbocycles. The van der Waals surface area contributed by atoms with Crippen molar-refractivity contribution in [2.45, 2.75) is 0 Å². The Morgan fingerprint density at radius 1 is 0.471 bits per heavy atom. The second kappa shape index (κ2) is 13.7. The van der Waals surface area contributed by atoms with E-state index in [0.717, 1.165) is 32.8 Å². The van der Waals surface area contributed by atoms with Crippen LogP contribution in [-0.4, -0.2) is 32.8 Å². The summed E-state index contributed by atoms with van der Waals surface area (Å²) in [6.07, 6.45) is 0. The molecule has 0 amide bonds. The minimum absolute atomic E-state index is 0.109. The molecular weight excluding hydrogens is 748 g/mol. The molecule has 0 radical (unpaired) electrons. The van der Waals surface area contributed by atoms with Gasteiger partial charge >= 0.3 is 307 Å². The Balaban J connectivity index is 1.31. The molecule has 8 aromatic rings. The van der Waals surface area contributed by atoms with E-state index < -0.39 is 36.2 Å². The average Bonchev–Trinajstić information content (AvgIpc) is 3.95. The predicted octanol–water partition coefficient (Wildman–Crippen LogP) is 10.9. The fourth-order valence-corrected chi connectivity index (χ4v) is 9.44. The van der Waals surface area contributed by atoms with Crippen LogP contribution < -0.4 is 9.80 Å². The minimum atomic E-state index is -0.654. The normalized spacial score (nSPS) is 11.1. The molecule has 0 saturated heterocycles. The summed E-state index contributed by atoms with van der Waals surface area (Å²) in [7, 11) is 0. The van der Waals surface area contributed by atoms with Crippen molar-refractivity contribution in [3.05, 3.63) is 166 Å². The molecule has 0 fully saturated rings. The SMILES string of the molecule is O=[N+]([O-])c1c([N+](=O)[O-])c(-c2ccc(N(c3ccccc3)c3ccccc3)s2)c2n[se]nc2c1-c1ccc(N(c2ccccc2)c2ccccc2)s1. The van der Waals surface area contributed by atoms with Crippen LogP contribution in [0.5, 0.6) is 0 Å². The van der Waals surface area contributed by atoms with Crippen molar-refractivity contribution in [1.82, 2.24) is 7.96 Å². The Labute approximate surface area is 305 Å². The van der Waals surface area contributed by atoms with Crippen LogP contribution in [0.1, 0.15) is 0 Å². The summed E-state index contributed by atoms with van der Waals surface area (Å²) in [5.41, 5.74) is 3.23. The molecule has 10 nitrogen and oxygen atoms in total. The van der Waals surface area contributed by atoms with E-state index in [1.54, 1.807) is 12.1 Å². The van der Waals surface area contributed by atoms with Gasteiger partial charge in [0, 0.05) is 0 Å². The second-order valence-corrected chi connectivity index (χ2v) is 14.4. The van der Waals surface area contributed by atoms with Gasteiger partial charge in [-0.1, -0.05) is 0 Å². The zero-order chi connectivity index (χ0) is 34.9. The number of nitro groups is 2. The summed E-state index contributed by atoms with van der Waals surface area (Å²) in [6.45, 7) is 0. The van der Waals surface area contributed by atoms with Crippen LogP contribution in [0.25, 0.3) is 31.9 Å². The topological polar surface area (TPSA) is 119 Å². The van der Waals surface area contributed by atoms with Gasteiger partial charge in [0.2, 0.25) is 0 Å². The van der Waals surface area contributed by atoms with Crippen LogP contribution in [0.15, 0.2) is 146 Å². The number of anilines is 6. The molecule has 0 aliphatic heterocycles. The van der Waals surface area contributed by atoms with Gasteiger partial charge in [-0.05, 0) is 0 Å². The van der Waals surface area contributed by atoms with Gasteiger partial charge in [-0.2, -0.15) is 0 Å². The number of benzene rings is 5. The van der Waals surface area contributed by atoms with Crippen molar-refractivity contribution in [3.8, 4) is 20.9 Å². The Kier molecular flexibility index (Phi) is 8.68. The molecule has 0 unspecified atom stereocenters. The first-order valence-corrected chi connectivity index (χ1v) is 18.8. The summed E-state index contributed by atoms with van der Waals surface area (Å²) >= 11 is 1.97. The van der Waals surface area contributed by atoms with Gasteiger partial charge in [0.15, 0.2) is 0 Å². The Hall–Kier alpha value is -5.98. The molecule has 0 spiro atoms. The summed E-state index contributed by atoms with van der Waals surface area (Å²) < 4.78 is 9.34. The van der Waals surface area contributed by atoms with Gasteiger partial charge in [0.05, 0.1) is 0 Å². The molecule has 248 valence electrons. The molecule has 8 rings (SSSR count). The average molecular weight is 772 g/mol. The number of nitrogens with zero attached hydrogens (tertiary/aromatic N) is 6. The fraction of sp³-hybridized carbons (Fsp3) is 0. The van der Waals surface area contributed by atoms with Gasteiger partial charge in [0.25, 0.3) is 0 Å². The zero-order valence-corrected chi connectivity index (χ0v) is 29.7. The molecule has 0 bridgehead atoms. The number of aromatic nitrogens is 2. The van der Waals surface area contributed by atoms with E-state index in [1.165, 1.54) is 22.7 Å². The van der Waals surface area contributed by atoms with Crippen LogP contribution in [0.4, 0.5) is 44.1 Å². The first-order valence-electron chi connectivity index (χ1n) is 15.6. The first kappa shape index (κ1) is 32.2. The number of fused-ring (bicyclic) bond motifs is 1. The standard InChI is InChI=1S/C38H24N6O4S2Se/c45-43(46)37-33(29-21-23-31(49-29)41(25-13-5-1-6-14-25)26-15-7-2-8-16-26)35-36(40-51-39-35)34(38(37)44(47)48)30-22-24-32(50-30)42(27-17-9-3-10-18-27)28-19-11-4-12-20-28/h1-24H. The van der Waals surface area contributed by atoms with Crippen LogP contribution >= 0.6 is 22.7 Å². The van der Waals surface area contributed by atoms with Crippen LogP contribution in [0.2, 0.25) is 0 Å². The van der Waals surface area contributed by atoms with Gasteiger partial charge in [-0.15, -0.1) is 0 Å². The maximum absolute atomic E-state index is 13.0. The molecular formula is C38H24N6O4S2Se. The molecule has 0 aliphatic carbocycles. The molecule has 3 heterocycles. The fourth-order valence-electron chi connectivity index (χ4n) is 6.08. The summed E-state index contributed by atoms with van der Waals surface area (Å²) in [5.74, 6) is 0. The van der Waals surface area contributed by atoms with Crippen molar-refractivity contribution in [3.63, 3.8) is 0 Å². The Morgan fingerprint density at radius 3 is 1.08 bits per heavy atom. The van der Waals surface area contributed by atoms with Crippen molar-refractivity contribution >= 4 is 92.8 Å². The molecule has 0 N–H and O–H groups in total. The number of thiophene rings is 2. The molecule has 3 aromatic heterocycles. The van der Waals surface area contributed by atoms with Crippen LogP contribution in [0, 0.1) is 20.2 Å². The van der Waals surface area contributed by atoms with Gasteiger partial charge in [-0.3, -0.25) is 0 Å². The van der Waals surface area contributed by atoms with Gasteiger partial charge in [-0.25, -0.2) is 0 Å². The number of hydrogen-bond donors (Lipinski definition) is 0. The molecule has 0 aliphatic rings. The third-order valence-corrected chi connectivity index (χ3v) is 11.5. The number of rotatable bonds is 10. The quantitative estimate of drug-likeness (QED) is 0.0766. The number of para-hydroxylation sites is 4. The van der Waals surface area contributed by atoms with Crippen molar-refractivity contribution in [2.24, 2.45) is 0 Å². The molecule has 13 heteroatoms. The van der Waals surface area contributed by atoms with E-state index in [4.69, 9.17) is 0 Å². The van der Waals surface area contributed by atoms with E-state index in [0.29, 0.717) is 20.8 Å². The molecule has 5 aromatic carbocycles. The van der Waals surface area contributed by atoms with Crippen molar-refractivity contribution < 1.29 is 9.85 Å². The van der Waals surface area contributed by atoms with Gasteiger partial charge in [0.1, 0.15) is 0 Å². The van der Waals surface area contributed by atoms with Crippen molar-refractivity contribution in [1.29, 1.82) is 0 Å². The van der Waals surface area contributed by atoms with E-state index in [1.807, 2.05) is 143 Å². The van der Waals surface area contributed by atoms with Crippen LogP contribution in [0.3, 0.4) is 0 Å². The van der Waals surface area contributed by atoms with Crippen molar-refractivity contribution in [2.75, 3.05) is 9.80 Å². The molecule has 0 atom stereocenters. The van der Waals surface area contributed by atoms with E-state index in [-0.39, 0.29) is 11.1 Å². The third-order valence-electron chi connectivity index (χ3n) is 8.20. The summed E-state index contributed by atoms with van der Waals surface area (Å²) in [4.78, 5) is 29.8. The Bertz CT molecular complexity index is 2260.